The molecule has 1 aromatic heterocycles. The maximum absolute atomic E-state index is 13.2. The SMILES string of the molecule is CCc1cccc(NC(=O)Cn2c(-c3ccc(F)cc3)ncc(C#N)c2=O)c1. The van der Waals surface area contributed by atoms with Crippen LogP contribution in [0.25, 0.3) is 11.4 Å². The topological polar surface area (TPSA) is 87.8 Å². The average Bonchev–Trinajstić information content (AvgIpc) is 2.70. The van der Waals surface area contributed by atoms with E-state index in [-0.39, 0.29) is 17.9 Å². The molecular formula is C21H17FN4O2. The van der Waals surface area contributed by atoms with Crippen LogP contribution in [0.1, 0.15) is 18.1 Å². The molecule has 0 fully saturated rings. The number of hydrogen-bond donors (Lipinski definition) is 1. The maximum atomic E-state index is 13.2. The van der Waals surface area contributed by atoms with Crippen LogP contribution in [0.2, 0.25) is 0 Å². The molecule has 2 aromatic carbocycles. The van der Waals surface area contributed by atoms with Gasteiger partial charge in [-0.3, -0.25) is 14.2 Å². The van der Waals surface area contributed by atoms with Crippen molar-refractivity contribution < 1.29 is 9.18 Å². The van der Waals surface area contributed by atoms with Crippen LogP contribution in [-0.4, -0.2) is 15.5 Å². The molecule has 28 heavy (non-hydrogen) atoms. The fraction of sp³-hybridized carbons (Fsp3) is 0.143. The number of benzene rings is 2. The third-order valence-electron chi connectivity index (χ3n) is 4.19. The Morgan fingerprint density at radius 3 is 2.68 bits per heavy atom. The van der Waals surface area contributed by atoms with E-state index in [9.17, 15) is 14.0 Å². The summed E-state index contributed by atoms with van der Waals surface area (Å²) < 4.78 is 14.3. The number of amides is 1. The standard InChI is InChI=1S/C21H17FN4O2/c1-2-14-4-3-5-18(10-14)25-19(27)13-26-20(15-6-8-17(22)9-7-15)24-12-16(11-23)21(26)28/h3-10,12H,2,13H2,1H3,(H,25,27). The zero-order valence-electron chi connectivity index (χ0n) is 15.1. The minimum atomic E-state index is -0.630. The summed E-state index contributed by atoms with van der Waals surface area (Å²) in [6.45, 7) is 1.68. The lowest BCUT2D eigenvalue weighted by Crippen LogP contribution is -2.31. The zero-order valence-corrected chi connectivity index (χ0v) is 15.1. The first kappa shape index (κ1) is 19.0. The highest BCUT2D eigenvalue weighted by atomic mass is 19.1. The third-order valence-corrected chi connectivity index (χ3v) is 4.19. The van der Waals surface area contributed by atoms with Gasteiger partial charge in [-0.05, 0) is 48.4 Å². The summed E-state index contributed by atoms with van der Waals surface area (Å²) in [4.78, 5) is 29.3. The Morgan fingerprint density at radius 2 is 2.00 bits per heavy atom. The molecule has 3 aromatic rings. The summed E-state index contributed by atoms with van der Waals surface area (Å²) in [6, 6.07) is 14.6. The molecule has 0 atom stereocenters. The third kappa shape index (κ3) is 4.13. The Hall–Kier alpha value is -3.79. The minimum absolute atomic E-state index is 0.174. The second kappa shape index (κ2) is 8.27. The highest BCUT2D eigenvalue weighted by Gasteiger charge is 2.15. The van der Waals surface area contributed by atoms with Crippen LogP contribution in [0.3, 0.4) is 0 Å². The normalized spacial score (nSPS) is 10.3. The quantitative estimate of drug-likeness (QED) is 0.741. The molecule has 0 unspecified atom stereocenters. The molecule has 0 aliphatic rings. The molecule has 0 bridgehead atoms. The largest absolute Gasteiger partial charge is 0.325 e. The summed E-state index contributed by atoms with van der Waals surface area (Å²) in [5.74, 6) is -0.683. The van der Waals surface area contributed by atoms with Gasteiger partial charge in [-0.1, -0.05) is 19.1 Å². The summed E-state index contributed by atoms with van der Waals surface area (Å²) in [6.07, 6.45) is 1.98. The lowest BCUT2D eigenvalue weighted by Gasteiger charge is -2.13. The van der Waals surface area contributed by atoms with E-state index in [1.54, 1.807) is 12.1 Å². The van der Waals surface area contributed by atoms with Gasteiger partial charge in [0.05, 0.1) is 6.20 Å². The molecule has 6 nitrogen and oxygen atoms in total. The smallest absolute Gasteiger partial charge is 0.272 e. The van der Waals surface area contributed by atoms with Gasteiger partial charge in [0.25, 0.3) is 5.56 Å². The number of rotatable bonds is 5. The highest BCUT2D eigenvalue weighted by molar-refractivity contribution is 5.90. The van der Waals surface area contributed by atoms with Crippen LogP contribution in [0.15, 0.2) is 59.5 Å². The molecule has 7 heteroatoms. The van der Waals surface area contributed by atoms with Gasteiger partial charge in [-0.25, -0.2) is 9.37 Å². The van der Waals surface area contributed by atoms with Gasteiger partial charge in [0.15, 0.2) is 0 Å². The van der Waals surface area contributed by atoms with Crippen LogP contribution in [0.5, 0.6) is 0 Å². The van der Waals surface area contributed by atoms with Crippen molar-refractivity contribution in [1.29, 1.82) is 5.26 Å². The van der Waals surface area contributed by atoms with Crippen LogP contribution >= 0.6 is 0 Å². The number of nitrogens with one attached hydrogen (secondary N) is 1. The molecular weight excluding hydrogens is 359 g/mol. The minimum Gasteiger partial charge on any atom is -0.325 e. The number of halogens is 1. The fourth-order valence-corrected chi connectivity index (χ4v) is 2.76. The number of carbonyl (C=O) groups excluding carboxylic acids is 1. The molecule has 0 spiro atoms. The van der Waals surface area contributed by atoms with Crippen molar-refractivity contribution in [3.05, 3.63) is 82.0 Å². The number of nitrogens with zero attached hydrogens (tertiary/aromatic N) is 3. The summed E-state index contributed by atoms with van der Waals surface area (Å²) in [5.41, 5.74) is 1.34. The summed E-state index contributed by atoms with van der Waals surface area (Å²) in [7, 11) is 0. The molecule has 1 N–H and O–H groups in total. The molecule has 0 radical (unpaired) electrons. The van der Waals surface area contributed by atoms with E-state index in [1.807, 2.05) is 25.1 Å². The molecule has 1 heterocycles. The fourth-order valence-electron chi connectivity index (χ4n) is 2.76. The van der Waals surface area contributed by atoms with Crippen LogP contribution in [0.4, 0.5) is 10.1 Å². The predicted molar refractivity (Wildman–Crippen MR) is 103 cm³/mol. The molecule has 1 amide bonds. The lowest BCUT2D eigenvalue weighted by atomic mass is 10.1. The first-order valence-electron chi connectivity index (χ1n) is 8.66. The first-order valence-corrected chi connectivity index (χ1v) is 8.66. The predicted octanol–water partition coefficient (Wildman–Crippen LogP) is 3.12. The van der Waals surface area contributed by atoms with Gasteiger partial charge >= 0.3 is 0 Å². The number of anilines is 1. The van der Waals surface area contributed by atoms with Gasteiger partial charge in [0.1, 0.15) is 29.8 Å². The maximum Gasteiger partial charge on any atom is 0.272 e. The number of carbonyl (C=O) groups is 1. The van der Waals surface area contributed by atoms with E-state index < -0.39 is 17.3 Å². The van der Waals surface area contributed by atoms with Crippen molar-refractivity contribution in [2.24, 2.45) is 0 Å². The Kier molecular flexibility index (Phi) is 5.61. The monoisotopic (exact) mass is 376 g/mol. The second-order valence-electron chi connectivity index (χ2n) is 6.11. The number of aromatic nitrogens is 2. The second-order valence-corrected chi connectivity index (χ2v) is 6.11. The van der Waals surface area contributed by atoms with E-state index in [0.717, 1.165) is 22.7 Å². The van der Waals surface area contributed by atoms with Gasteiger partial charge in [0, 0.05) is 11.3 Å². The van der Waals surface area contributed by atoms with Crippen LogP contribution < -0.4 is 10.9 Å². The molecule has 0 aliphatic carbocycles. The van der Waals surface area contributed by atoms with Crippen molar-refractivity contribution in [2.45, 2.75) is 19.9 Å². The average molecular weight is 376 g/mol. The highest BCUT2D eigenvalue weighted by Crippen LogP contribution is 2.17. The van der Waals surface area contributed by atoms with E-state index in [1.165, 1.54) is 24.3 Å². The van der Waals surface area contributed by atoms with Crippen molar-refractivity contribution >= 4 is 11.6 Å². The van der Waals surface area contributed by atoms with Gasteiger partial charge in [-0.15, -0.1) is 0 Å². The van der Waals surface area contributed by atoms with Crippen LogP contribution in [-0.2, 0) is 17.8 Å². The molecule has 0 saturated carbocycles. The number of aryl methyl sites for hydroxylation is 1. The van der Waals surface area contributed by atoms with Gasteiger partial charge in [0.2, 0.25) is 5.91 Å². The molecule has 140 valence electrons. The van der Waals surface area contributed by atoms with Gasteiger partial charge < -0.3 is 5.32 Å². The first-order chi connectivity index (χ1) is 13.5. The summed E-state index contributed by atoms with van der Waals surface area (Å²) >= 11 is 0. The zero-order chi connectivity index (χ0) is 20.1. The molecule has 0 saturated heterocycles. The summed E-state index contributed by atoms with van der Waals surface area (Å²) in [5, 5.41) is 11.9. The number of hydrogen-bond acceptors (Lipinski definition) is 4. The van der Waals surface area contributed by atoms with E-state index in [4.69, 9.17) is 5.26 Å². The van der Waals surface area contributed by atoms with Crippen molar-refractivity contribution in [3.8, 4) is 17.5 Å². The van der Waals surface area contributed by atoms with Crippen molar-refractivity contribution in [2.75, 3.05) is 5.32 Å². The Labute approximate surface area is 160 Å². The van der Waals surface area contributed by atoms with E-state index in [2.05, 4.69) is 10.3 Å². The molecule has 0 aliphatic heterocycles. The van der Waals surface area contributed by atoms with Gasteiger partial charge in [-0.2, -0.15) is 5.26 Å². The van der Waals surface area contributed by atoms with E-state index >= 15 is 0 Å². The van der Waals surface area contributed by atoms with Crippen LogP contribution in [0, 0.1) is 17.1 Å². The van der Waals surface area contributed by atoms with Crippen molar-refractivity contribution in [1.82, 2.24) is 9.55 Å². The molecule has 3 rings (SSSR count). The number of nitriles is 1. The Morgan fingerprint density at radius 1 is 1.25 bits per heavy atom. The Balaban J connectivity index is 1.95. The Bertz CT molecular complexity index is 1110. The van der Waals surface area contributed by atoms with E-state index in [0.29, 0.717) is 11.3 Å². The van der Waals surface area contributed by atoms with Crippen molar-refractivity contribution in [3.63, 3.8) is 0 Å². The lowest BCUT2D eigenvalue weighted by molar-refractivity contribution is -0.116.